The lowest BCUT2D eigenvalue weighted by Crippen LogP contribution is -2.27. The lowest BCUT2D eigenvalue weighted by Gasteiger charge is -2.21. The molecule has 0 radical (unpaired) electrons. The second kappa shape index (κ2) is 7.00. The molecule has 0 fully saturated rings. The molecular weight excluding hydrogens is 357 g/mol. The summed E-state index contributed by atoms with van der Waals surface area (Å²) in [6.07, 6.45) is -4.26. The number of methoxy groups -OCH3 is 1. The van der Waals surface area contributed by atoms with Crippen molar-refractivity contribution in [1.82, 2.24) is 9.97 Å². The summed E-state index contributed by atoms with van der Waals surface area (Å²) in [4.78, 5) is 18.9. The van der Waals surface area contributed by atoms with Crippen LogP contribution in [0.2, 0.25) is 5.28 Å². The van der Waals surface area contributed by atoms with E-state index in [1.54, 1.807) is 38.1 Å². The van der Waals surface area contributed by atoms with Crippen LogP contribution in [0.3, 0.4) is 0 Å². The standard InChI is InChI=1S/C17H16ClF3N2O2/c1-16(2,14(24)25-3)9-10-5-4-6-11(7-10)12-8-13(17(19,20)21)23-15(18)22-12/h4-8H,9H2,1-3H3. The average molecular weight is 373 g/mol. The number of carbonyl (C=O) groups excluding carboxylic acids is 1. The van der Waals surface area contributed by atoms with Gasteiger partial charge in [-0.1, -0.05) is 18.2 Å². The molecule has 2 aromatic rings. The quantitative estimate of drug-likeness (QED) is 0.583. The van der Waals surface area contributed by atoms with E-state index in [1.807, 2.05) is 0 Å². The Labute approximate surface area is 148 Å². The van der Waals surface area contributed by atoms with Gasteiger partial charge in [0.25, 0.3) is 0 Å². The second-order valence-electron chi connectivity index (χ2n) is 6.16. The Bertz CT molecular complexity index is 792. The number of nitrogens with zero attached hydrogens (tertiary/aromatic N) is 2. The van der Waals surface area contributed by atoms with E-state index in [0.29, 0.717) is 12.0 Å². The van der Waals surface area contributed by atoms with E-state index in [2.05, 4.69) is 9.97 Å². The molecule has 1 aromatic heterocycles. The van der Waals surface area contributed by atoms with Gasteiger partial charge >= 0.3 is 12.1 Å². The van der Waals surface area contributed by atoms with Crippen molar-refractivity contribution in [2.75, 3.05) is 7.11 Å². The molecule has 0 saturated carbocycles. The summed E-state index contributed by atoms with van der Waals surface area (Å²) < 4.78 is 43.4. The third-order valence-electron chi connectivity index (χ3n) is 3.60. The molecule has 1 aromatic carbocycles. The molecule has 8 heteroatoms. The van der Waals surface area contributed by atoms with Gasteiger partial charge in [0.05, 0.1) is 18.2 Å². The number of alkyl halides is 3. The van der Waals surface area contributed by atoms with Crippen LogP contribution in [0.15, 0.2) is 30.3 Å². The largest absolute Gasteiger partial charge is 0.469 e. The smallest absolute Gasteiger partial charge is 0.433 e. The van der Waals surface area contributed by atoms with Crippen LogP contribution in [0.4, 0.5) is 13.2 Å². The maximum Gasteiger partial charge on any atom is 0.433 e. The Hall–Kier alpha value is -2.15. The van der Waals surface area contributed by atoms with Gasteiger partial charge in [-0.3, -0.25) is 4.79 Å². The fourth-order valence-corrected chi connectivity index (χ4v) is 2.59. The lowest BCUT2D eigenvalue weighted by atomic mass is 9.85. The molecule has 0 saturated heterocycles. The van der Waals surface area contributed by atoms with Gasteiger partial charge in [0.15, 0.2) is 0 Å². The Balaban J connectivity index is 2.40. The molecule has 0 aliphatic carbocycles. The summed E-state index contributed by atoms with van der Waals surface area (Å²) in [5.41, 5.74) is -0.606. The SMILES string of the molecule is COC(=O)C(C)(C)Cc1cccc(-c2cc(C(F)(F)F)nc(Cl)n2)c1. The number of esters is 1. The molecule has 0 N–H and O–H groups in total. The van der Waals surface area contributed by atoms with Crippen LogP contribution >= 0.6 is 11.6 Å². The van der Waals surface area contributed by atoms with Gasteiger partial charge in [0.1, 0.15) is 5.69 Å². The summed E-state index contributed by atoms with van der Waals surface area (Å²) in [7, 11) is 1.31. The maximum atomic E-state index is 12.9. The topological polar surface area (TPSA) is 52.1 Å². The molecule has 2 rings (SSSR count). The predicted molar refractivity (Wildman–Crippen MR) is 87.0 cm³/mol. The number of benzene rings is 1. The van der Waals surface area contributed by atoms with Crippen molar-refractivity contribution in [3.63, 3.8) is 0 Å². The molecule has 0 aliphatic heterocycles. The number of halogens is 4. The molecule has 0 atom stereocenters. The van der Waals surface area contributed by atoms with E-state index in [0.717, 1.165) is 11.6 Å². The van der Waals surface area contributed by atoms with E-state index in [1.165, 1.54) is 7.11 Å². The van der Waals surface area contributed by atoms with E-state index in [9.17, 15) is 18.0 Å². The molecule has 0 amide bonds. The zero-order valence-electron chi connectivity index (χ0n) is 13.8. The Morgan fingerprint density at radius 2 is 1.88 bits per heavy atom. The van der Waals surface area contributed by atoms with E-state index in [4.69, 9.17) is 16.3 Å². The fraction of sp³-hybridized carbons (Fsp3) is 0.353. The minimum Gasteiger partial charge on any atom is -0.469 e. The highest BCUT2D eigenvalue weighted by atomic mass is 35.5. The first-order valence-electron chi connectivity index (χ1n) is 7.32. The number of aromatic nitrogens is 2. The molecule has 0 unspecified atom stereocenters. The second-order valence-corrected chi connectivity index (χ2v) is 6.50. The molecule has 134 valence electrons. The van der Waals surface area contributed by atoms with Crippen molar-refractivity contribution in [2.24, 2.45) is 5.41 Å². The fourth-order valence-electron chi connectivity index (χ4n) is 2.41. The van der Waals surface area contributed by atoms with Crippen LogP contribution < -0.4 is 0 Å². The van der Waals surface area contributed by atoms with Crippen LogP contribution in [-0.4, -0.2) is 23.0 Å². The highest BCUT2D eigenvalue weighted by Gasteiger charge is 2.34. The van der Waals surface area contributed by atoms with E-state index in [-0.39, 0.29) is 11.7 Å². The first kappa shape index (κ1) is 19.2. The zero-order valence-corrected chi connectivity index (χ0v) is 14.6. The first-order chi connectivity index (χ1) is 11.5. The van der Waals surface area contributed by atoms with Gasteiger partial charge in [-0.15, -0.1) is 0 Å². The van der Waals surface area contributed by atoms with Gasteiger partial charge in [-0.25, -0.2) is 9.97 Å². The summed E-state index contributed by atoms with van der Waals surface area (Å²) in [5, 5.41) is -0.481. The number of hydrogen-bond acceptors (Lipinski definition) is 4. The van der Waals surface area contributed by atoms with Gasteiger partial charge in [0.2, 0.25) is 5.28 Å². The molecule has 0 aliphatic rings. The number of rotatable bonds is 4. The molecule has 1 heterocycles. The summed E-state index contributed by atoms with van der Waals surface area (Å²) in [5.74, 6) is -0.373. The lowest BCUT2D eigenvalue weighted by molar-refractivity contribution is -0.150. The Morgan fingerprint density at radius 1 is 1.20 bits per heavy atom. The van der Waals surface area contributed by atoms with Crippen molar-refractivity contribution < 1.29 is 22.7 Å². The predicted octanol–water partition coefficient (Wildman–Crippen LogP) is 4.56. The monoisotopic (exact) mass is 372 g/mol. The summed E-state index contributed by atoms with van der Waals surface area (Å²) in [6, 6.07) is 7.59. The summed E-state index contributed by atoms with van der Waals surface area (Å²) >= 11 is 5.63. The summed E-state index contributed by atoms with van der Waals surface area (Å²) in [6.45, 7) is 3.46. The zero-order chi connectivity index (χ0) is 18.8. The van der Waals surface area contributed by atoms with Gasteiger partial charge in [-0.05, 0) is 49.6 Å². The first-order valence-corrected chi connectivity index (χ1v) is 7.70. The Morgan fingerprint density at radius 3 is 2.48 bits per heavy atom. The molecular formula is C17H16ClF3N2O2. The van der Waals surface area contributed by atoms with Crippen molar-refractivity contribution in [3.05, 3.63) is 46.9 Å². The van der Waals surface area contributed by atoms with Gasteiger partial charge in [-0.2, -0.15) is 13.2 Å². The highest BCUT2D eigenvalue weighted by Crippen LogP contribution is 2.32. The van der Waals surface area contributed by atoms with Gasteiger partial charge < -0.3 is 4.74 Å². The average Bonchev–Trinajstić information content (AvgIpc) is 2.52. The molecule has 4 nitrogen and oxygen atoms in total. The number of hydrogen-bond donors (Lipinski definition) is 0. The van der Waals surface area contributed by atoms with Crippen LogP contribution in [-0.2, 0) is 22.1 Å². The normalized spacial score (nSPS) is 12.1. The minimum atomic E-state index is -4.62. The Kier molecular flexibility index (Phi) is 5.37. The van der Waals surface area contributed by atoms with E-state index < -0.39 is 22.6 Å². The molecule has 0 bridgehead atoms. The van der Waals surface area contributed by atoms with Crippen LogP contribution in [0.1, 0.15) is 25.1 Å². The van der Waals surface area contributed by atoms with Crippen molar-refractivity contribution in [3.8, 4) is 11.3 Å². The van der Waals surface area contributed by atoms with E-state index >= 15 is 0 Å². The molecule has 0 spiro atoms. The third-order valence-corrected chi connectivity index (χ3v) is 3.77. The van der Waals surface area contributed by atoms with Crippen molar-refractivity contribution >= 4 is 17.6 Å². The van der Waals surface area contributed by atoms with Crippen LogP contribution in [0.5, 0.6) is 0 Å². The van der Waals surface area contributed by atoms with Crippen LogP contribution in [0, 0.1) is 5.41 Å². The third kappa shape index (κ3) is 4.69. The highest BCUT2D eigenvalue weighted by molar-refractivity contribution is 6.28. The van der Waals surface area contributed by atoms with Crippen molar-refractivity contribution in [1.29, 1.82) is 0 Å². The number of ether oxygens (including phenoxy) is 1. The van der Waals surface area contributed by atoms with Crippen molar-refractivity contribution in [2.45, 2.75) is 26.4 Å². The minimum absolute atomic E-state index is 0.0602. The van der Waals surface area contributed by atoms with Crippen LogP contribution in [0.25, 0.3) is 11.3 Å². The maximum absolute atomic E-state index is 12.9. The van der Waals surface area contributed by atoms with Gasteiger partial charge in [0, 0.05) is 5.56 Å². The molecule has 25 heavy (non-hydrogen) atoms. The number of carbonyl (C=O) groups is 1.